The van der Waals surface area contributed by atoms with Crippen molar-refractivity contribution in [1.29, 1.82) is 0 Å². The van der Waals surface area contributed by atoms with Crippen LogP contribution in [0, 0.1) is 0 Å². The molecule has 4 heteroatoms. The second kappa shape index (κ2) is 4.05. The Labute approximate surface area is 99.2 Å². The molecule has 0 unspecified atom stereocenters. The number of carbonyl (C=O) groups is 2. The van der Waals surface area contributed by atoms with E-state index < -0.39 is 0 Å². The first kappa shape index (κ1) is 11.4. The van der Waals surface area contributed by atoms with E-state index in [1.165, 1.54) is 4.90 Å². The van der Waals surface area contributed by atoms with Crippen LogP contribution >= 0.6 is 0 Å². The van der Waals surface area contributed by atoms with Crippen molar-refractivity contribution < 1.29 is 14.7 Å². The highest BCUT2D eigenvalue weighted by atomic mass is 16.3. The molecule has 1 aromatic rings. The second-order valence-electron chi connectivity index (χ2n) is 4.12. The van der Waals surface area contributed by atoms with Gasteiger partial charge in [0.2, 0.25) is 0 Å². The number of rotatable bonds is 2. The van der Waals surface area contributed by atoms with Crippen LogP contribution in [-0.2, 0) is 16.1 Å². The van der Waals surface area contributed by atoms with Gasteiger partial charge in [-0.2, -0.15) is 0 Å². The molecule has 0 spiro atoms. The molecule has 4 nitrogen and oxygen atoms in total. The summed E-state index contributed by atoms with van der Waals surface area (Å²) in [6.45, 7) is 3.50. The minimum absolute atomic E-state index is 0.128. The Morgan fingerprint density at radius 1 is 1.12 bits per heavy atom. The van der Waals surface area contributed by atoms with Crippen LogP contribution in [0.3, 0.4) is 0 Å². The molecule has 0 fully saturated rings. The van der Waals surface area contributed by atoms with Gasteiger partial charge in [-0.05, 0) is 31.5 Å². The minimum Gasteiger partial charge on any atom is -0.508 e. The zero-order valence-corrected chi connectivity index (χ0v) is 9.73. The van der Waals surface area contributed by atoms with Crippen molar-refractivity contribution in [1.82, 2.24) is 4.90 Å². The summed E-state index contributed by atoms with van der Waals surface area (Å²) in [7, 11) is 0. The quantitative estimate of drug-likeness (QED) is 0.786. The van der Waals surface area contributed by atoms with Crippen LogP contribution in [-0.4, -0.2) is 21.8 Å². The van der Waals surface area contributed by atoms with Gasteiger partial charge in [0.15, 0.2) is 0 Å². The number of benzene rings is 1. The zero-order chi connectivity index (χ0) is 12.6. The molecule has 1 aliphatic rings. The van der Waals surface area contributed by atoms with E-state index >= 15 is 0 Å². The molecule has 2 rings (SSSR count). The Bertz CT molecular complexity index is 507. The highest BCUT2D eigenvalue weighted by Crippen LogP contribution is 2.22. The van der Waals surface area contributed by atoms with E-state index in [0.29, 0.717) is 11.1 Å². The molecule has 0 radical (unpaired) electrons. The van der Waals surface area contributed by atoms with E-state index in [2.05, 4.69) is 0 Å². The van der Waals surface area contributed by atoms with E-state index in [0.717, 1.165) is 5.56 Å². The topological polar surface area (TPSA) is 57.6 Å². The van der Waals surface area contributed by atoms with Gasteiger partial charge in [-0.15, -0.1) is 0 Å². The Kier molecular flexibility index (Phi) is 2.71. The van der Waals surface area contributed by atoms with Crippen molar-refractivity contribution in [3.8, 4) is 5.75 Å². The van der Waals surface area contributed by atoms with Crippen LogP contribution < -0.4 is 0 Å². The predicted octanol–water partition coefficient (Wildman–Crippen LogP) is 1.60. The fraction of sp³-hybridized carbons (Fsp3) is 0.231. The summed E-state index contributed by atoms with van der Waals surface area (Å²) in [5, 5.41) is 9.32. The van der Waals surface area contributed by atoms with Crippen molar-refractivity contribution in [3.05, 3.63) is 41.0 Å². The molecule has 1 heterocycles. The summed E-state index contributed by atoms with van der Waals surface area (Å²) in [5.74, 6) is -0.380. The molecular weight excluding hydrogens is 218 g/mol. The van der Waals surface area contributed by atoms with Crippen LogP contribution in [0.25, 0.3) is 0 Å². The minimum atomic E-state index is -0.254. The van der Waals surface area contributed by atoms with Gasteiger partial charge in [0.25, 0.3) is 11.8 Å². The lowest BCUT2D eigenvalue weighted by atomic mass is 10.2. The van der Waals surface area contributed by atoms with Crippen molar-refractivity contribution in [3.63, 3.8) is 0 Å². The maximum atomic E-state index is 11.8. The normalized spacial score (nSPS) is 16.0. The zero-order valence-electron chi connectivity index (χ0n) is 9.73. The largest absolute Gasteiger partial charge is 0.508 e. The summed E-state index contributed by atoms with van der Waals surface area (Å²) in [5.41, 5.74) is 1.72. The van der Waals surface area contributed by atoms with Crippen molar-refractivity contribution in [2.45, 2.75) is 20.4 Å². The third-order valence-corrected chi connectivity index (χ3v) is 2.95. The Morgan fingerprint density at radius 2 is 1.71 bits per heavy atom. The SMILES string of the molecule is CC1=C(C)C(=O)N(Cc2cccc(O)c2)C1=O. The van der Waals surface area contributed by atoms with Crippen LogP contribution in [0.5, 0.6) is 5.75 Å². The lowest BCUT2D eigenvalue weighted by molar-refractivity contribution is -0.138. The summed E-state index contributed by atoms with van der Waals surface area (Å²) in [6, 6.07) is 6.54. The lowest BCUT2D eigenvalue weighted by Crippen LogP contribution is -2.30. The van der Waals surface area contributed by atoms with Gasteiger partial charge in [-0.1, -0.05) is 12.1 Å². The van der Waals surface area contributed by atoms with Gasteiger partial charge < -0.3 is 5.11 Å². The average molecular weight is 231 g/mol. The van der Waals surface area contributed by atoms with Gasteiger partial charge in [0.05, 0.1) is 6.54 Å². The summed E-state index contributed by atoms with van der Waals surface area (Å²) in [4.78, 5) is 24.8. The van der Waals surface area contributed by atoms with Gasteiger partial charge in [-0.3, -0.25) is 14.5 Å². The summed E-state index contributed by atoms with van der Waals surface area (Å²) in [6.07, 6.45) is 0. The fourth-order valence-electron chi connectivity index (χ4n) is 1.80. The van der Waals surface area contributed by atoms with Gasteiger partial charge in [0, 0.05) is 11.1 Å². The van der Waals surface area contributed by atoms with E-state index in [1.54, 1.807) is 38.1 Å². The van der Waals surface area contributed by atoms with Crippen molar-refractivity contribution in [2.75, 3.05) is 0 Å². The molecule has 1 aliphatic heterocycles. The number of hydrogen-bond acceptors (Lipinski definition) is 3. The molecule has 17 heavy (non-hydrogen) atoms. The first-order chi connectivity index (χ1) is 8.00. The van der Waals surface area contributed by atoms with Gasteiger partial charge in [-0.25, -0.2) is 0 Å². The fourth-order valence-corrected chi connectivity index (χ4v) is 1.80. The first-order valence-electron chi connectivity index (χ1n) is 5.32. The van der Waals surface area contributed by atoms with Gasteiger partial charge in [0.1, 0.15) is 5.75 Å². The average Bonchev–Trinajstić information content (AvgIpc) is 2.47. The predicted molar refractivity (Wildman–Crippen MR) is 62.0 cm³/mol. The smallest absolute Gasteiger partial charge is 0.257 e. The van der Waals surface area contributed by atoms with E-state index in [-0.39, 0.29) is 24.1 Å². The second-order valence-corrected chi connectivity index (χ2v) is 4.12. The molecule has 0 aromatic heterocycles. The number of hydrogen-bond donors (Lipinski definition) is 1. The van der Waals surface area contributed by atoms with Crippen LogP contribution in [0.15, 0.2) is 35.4 Å². The van der Waals surface area contributed by atoms with E-state index in [9.17, 15) is 14.7 Å². The Balaban J connectivity index is 2.22. The number of phenols is 1. The Hall–Kier alpha value is -2.10. The number of nitrogens with zero attached hydrogens (tertiary/aromatic N) is 1. The molecular formula is C13H13NO3. The van der Waals surface area contributed by atoms with Crippen LogP contribution in [0.4, 0.5) is 0 Å². The highest BCUT2D eigenvalue weighted by Gasteiger charge is 2.33. The van der Waals surface area contributed by atoms with Crippen LogP contribution in [0.1, 0.15) is 19.4 Å². The molecule has 0 aliphatic carbocycles. The third-order valence-electron chi connectivity index (χ3n) is 2.95. The first-order valence-corrected chi connectivity index (χ1v) is 5.32. The van der Waals surface area contributed by atoms with E-state index in [4.69, 9.17) is 0 Å². The molecule has 0 saturated carbocycles. The number of phenolic OH excluding ortho intramolecular Hbond substituents is 1. The van der Waals surface area contributed by atoms with E-state index in [1.807, 2.05) is 0 Å². The highest BCUT2D eigenvalue weighted by molar-refractivity contribution is 6.18. The van der Waals surface area contributed by atoms with Crippen LogP contribution in [0.2, 0.25) is 0 Å². The molecule has 1 aromatic carbocycles. The third kappa shape index (κ3) is 1.93. The summed E-state index contributed by atoms with van der Waals surface area (Å²) >= 11 is 0. The maximum absolute atomic E-state index is 11.8. The molecule has 88 valence electrons. The molecule has 0 saturated heterocycles. The number of carbonyl (C=O) groups excluding carboxylic acids is 2. The maximum Gasteiger partial charge on any atom is 0.257 e. The number of aromatic hydroxyl groups is 1. The number of imide groups is 1. The standard InChI is InChI=1S/C13H13NO3/c1-8-9(2)13(17)14(12(8)16)7-10-4-3-5-11(15)6-10/h3-6,15H,7H2,1-2H3. The number of amides is 2. The lowest BCUT2D eigenvalue weighted by Gasteiger charge is -2.14. The molecule has 2 amide bonds. The monoisotopic (exact) mass is 231 g/mol. The van der Waals surface area contributed by atoms with Gasteiger partial charge >= 0.3 is 0 Å². The summed E-state index contributed by atoms with van der Waals surface area (Å²) < 4.78 is 0. The molecule has 0 bridgehead atoms. The van der Waals surface area contributed by atoms with Crippen molar-refractivity contribution in [2.24, 2.45) is 0 Å². The Morgan fingerprint density at radius 3 is 2.24 bits per heavy atom. The van der Waals surface area contributed by atoms with Crippen molar-refractivity contribution >= 4 is 11.8 Å². The molecule has 1 N–H and O–H groups in total. The molecule has 0 atom stereocenters.